The van der Waals surface area contributed by atoms with Gasteiger partial charge >= 0.3 is 0 Å². The molecule has 0 aliphatic carbocycles. The van der Waals surface area contributed by atoms with Crippen LogP contribution in [0, 0.1) is 0 Å². The number of anilines is 2. The van der Waals surface area contributed by atoms with Crippen LogP contribution in [0.3, 0.4) is 0 Å². The Morgan fingerprint density at radius 3 is 2.81 bits per heavy atom. The SMILES string of the molecule is CC(Nc1ccnc2cc(N)ccc12)c1cccc(Cl)c1. The molecule has 21 heavy (non-hydrogen) atoms. The molecule has 0 amide bonds. The van der Waals surface area contributed by atoms with Gasteiger partial charge in [-0.1, -0.05) is 23.7 Å². The molecule has 1 aromatic heterocycles. The molecule has 0 radical (unpaired) electrons. The molecule has 0 bridgehead atoms. The third-order valence-electron chi connectivity index (χ3n) is 3.49. The minimum absolute atomic E-state index is 0.145. The Labute approximate surface area is 128 Å². The number of rotatable bonds is 3. The maximum absolute atomic E-state index is 6.05. The molecular weight excluding hydrogens is 282 g/mol. The molecular formula is C17H16ClN3. The number of nitrogens with two attached hydrogens (primary N) is 1. The van der Waals surface area contributed by atoms with Crippen LogP contribution in [0.25, 0.3) is 10.9 Å². The number of aromatic nitrogens is 1. The van der Waals surface area contributed by atoms with Gasteiger partial charge in [0.2, 0.25) is 0 Å². The van der Waals surface area contributed by atoms with E-state index in [4.69, 9.17) is 17.3 Å². The van der Waals surface area contributed by atoms with Crippen LogP contribution in [0.2, 0.25) is 5.02 Å². The number of fused-ring (bicyclic) bond motifs is 1. The normalized spacial score (nSPS) is 12.3. The predicted octanol–water partition coefficient (Wildman–Crippen LogP) is 4.64. The molecule has 0 fully saturated rings. The number of nitrogen functional groups attached to an aromatic ring is 1. The lowest BCUT2D eigenvalue weighted by Crippen LogP contribution is -2.07. The standard InChI is InChI=1S/C17H16ClN3/c1-11(12-3-2-4-13(18)9-12)21-16-7-8-20-17-10-14(19)5-6-15(16)17/h2-11H,19H2,1H3,(H,20,21). The predicted molar refractivity (Wildman–Crippen MR) is 89.6 cm³/mol. The van der Waals surface area contributed by atoms with Crippen LogP contribution in [0.1, 0.15) is 18.5 Å². The van der Waals surface area contributed by atoms with E-state index in [-0.39, 0.29) is 6.04 Å². The zero-order valence-electron chi connectivity index (χ0n) is 11.7. The van der Waals surface area contributed by atoms with Crippen molar-refractivity contribution in [3.05, 3.63) is 65.3 Å². The van der Waals surface area contributed by atoms with Crippen molar-refractivity contribution in [2.75, 3.05) is 11.1 Å². The summed E-state index contributed by atoms with van der Waals surface area (Å²) >= 11 is 6.05. The lowest BCUT2D eigenvalue weighted by atomic mass is 10.1. The van der Waals surface area contributed by atoms with Crippen LogP contribution in [-0.4, -0.2) is 4.98 Å². The van der Waals surface area contributed by atoms with Gasteiger partial charge in [-0.05, 0) is 48.9 Å². The van der Waals surface area contributed by atoms with Crippen molar-refractivity contribution < 1.29 is 0 Å². The summed E-state index contributed by atoms with van der Waals surface area (Å²) in [6.07, 6.45) is 1.79. The zero-order valence-corrected chi connectivity index (χ0v) is 12.4. The smallest absolute Gasteiger partial charge is 0.0743 e. The number of benzene rings is 2. The van der Waals surface area contributed by atoms with Crippen LogP contribution < -0.4 is 11.1 Å². The van der Waals surface area contributed by atoms with E-state index >= 15 is 0 Å². The average Bonchev–Trinajstić information content (AvgIpc) is 2.47. The summed E-state index contributed by atoms with van der Waals surface area (Å²) < 4.78 is 0. The van der Waals surface area contributed by atoms with Crippen molar-refractivity contribution in [1.82, 2.24) is 4.98 Å². The fraction of sp³-hybridized carbons (Fsp3) is 0.118. The highest BCUT2D eigenvalue weighted by Gasteiger charge is 2.08. The summed E-state index contributed by atoms with van der Waals surface area (Å²) in [5.74, 6) is 0. The van der Waals surface area contributed by atoms with E-state index in [1.54, 1.807) is 6.20 Å². The third-order valence-corrected chi connectivity index (χ3v) is 3.72. The van der Waals surface area contributed by atoms with E-state index in [1.165, 1.54) is 0 Å². The Morgan fingerprint density at radius 2 is 2.00 bits per heavy atom. The van der Waals surface area contributed by atoms with Crippen LogP contribution in [0.15, 0.2) is 54.7 Å². The van der Waals surface area contributed by atoms with Crippen LogP contribution in [0.4, 0.5) is 11.4 Å². The molecule has 3 N–H and O–H groups in total. The number of nitrogens with zero attached hydrogens (tertiary/aromatic N) is 1. The van der Waals surface area contributed by atoms with Crippen molar-refractivity contribution in [3.63, 3.8) is 0 Å². The molecule has 0 aliphatic heterocycles. The van der Waals surface area contributed by atoms with Crippen molar-refractivity contribution in [2.45, 2.75) is 13.0 Å². The highest BCUT2D eigenvalue weighted by Crippen LogP contribution is 2.27. The first-order valence-electron chi connectivity index (χ1n) is 6.80. The van der Waals surface area contributed by atoms with Gasteiger partial charge in [0, 0.05) is 34.0 Å². The summed E-state index contributed by atoms with van der Waals surface area (Å²) in [5, 5.41) is 5.31. The van der Waals surface area contributed by atoms with E-state index in [0.29, 0.717) is 0 Å². The first-order chi connectivity index (χ1) is 10.1. The summed E-state index contributed by atoms with van der Waals surface area (Å²) in [7, 11) is 0. The first kappa shape index (κ1) is 13.7. The van der Waals surface area contributed by atoms with Crippen LogP contribution in [0.5, 0.6) is 0 Å². The summed E-state index contributed by atoms with van der Waals surface area (Å²) in [4.78, 5) is 4.36. The Balaban J connectivity index is 1.94. The topological polar surface area (TPSA) is 50.9 Å². The van der Waals surface area contributed by atoms with Gasteiger partial charge in [0.25, 0.3) is 0 Å². The van der Waals surface area contributed by atoms with Crippen LogP contribution in [-0.2, 0) is 0 Å². The molecule has 2 aromatic carbocycles. The molecule has 0 saturated carbocycles. The Morgan fingerprint density at radius 1 is 1.14 bits per heavy atom. The molecule has 3 rings (SSSR count). The molecule has 0 saturated heterocycles. The zero-order chi connectivity index (χ0) is 14.8. The first-order valence-corrected chi connectivity index (χ1v) is 7.17. The molecule has 1 atom stereocenters. The van der Waals surface area contributed by atoms with E-state index in [1.807, 2.05) is 42.5 Å². The van der Waals surface area contributed by atoms with E-state index in [0.717, 1.165) is 32.9 Å². The van der Waals surface area contributed by atoms with Crippen molar-refractivity contribution in [3.8, 4) is 0 Å². The van der Waals surface area contributed by atoms with Crippen molar-refractivity contribution >= 4 is 33.9 Å². The van der Waals surface area contributed by atoms with E-state index < -0.39 is 0 Å². The average molecular weight is 298 g/mol. The Bertz CT molecular complexity index is 786. The number of pyridine rings is 1. The van der Waals surface area contributed by atoms with Crippen molar-refractivity contribution in [1.29, 1.82) is 0 Å². The molecule has 3 aromatic rings. The Kier molecular flexibility index (Phi) is 3.67. The third kappa shape index (κ3) is 2.93. The molecule has 1 heterocycles. The molecule has 1 unspecified atom stereocenters. The van der Waals surface area contributed by atoms with Gasteiger partial charge in [0.15, 0.2) is 0 Å². The van der Waals surface area contributed by atoms with Gasteiger partial charge in [-0.3, -0.25) is 4.98 Å². The fourth-order valence-electron chi connectivity index (χ4n) is 2.38. The quantitative estimate of drug-likeness (QED) is 0.692. The minimum Gasteiger partial charge on any atom is -0.399 e. The van der Waals surface area contributed by atoms with Gasteiger partial charge in [0.1, 0.15) is 0 Å². The molecule has 4 heteroatoms. The molecule has 106 valence electrons. The molecule has 3 nitrogen and oxygen atoms in total. The maximum atomic E-state index is 6.05. The second-order valence-corrected chi connectivity index (χ2v) is 5.49. The van der Waals surface area contributed by atoms with Gasteiger partial charge in [-0.25, -0.2) is 0 Å². The maximum Gasteiger partial charge on any atom is 0.0743 e. The van der Waals surface area contributed by atoms with Crippen molar-refractivity contribution in [2.24, 2.45) is 0 Å². The van der Waals surface area contributed by atoms with Gasteiger partial charge in [-0.2, -0.15) is 0 Å². The second-order valence-electron chi connectivity index (χ2n) is 5.06. The van der Waals surface area contributed by atoms with Gasteiger partial charge < -0.3 is 11.1 Å². The fourth-order valence-corrected chi connectivity index (χ4v) is 2.58. The molecule has 0 spiro atoms. The second kappa shape index (κ2) is 5.62. The number of nitrogens with one attached hydrogen (secondary N) is 1. The van der Waals surface area contributed by atoms with Gasteiger partial charge in [-0.15, -0.1) is 0 Å². The number of hydrogen-bond donors (Lipinski definition) is 2. The summed E-state index contributed by atoms with van der Waals surface area (Å²) in [5.41, 5.74) is 9.59. The lowest BCUT2D eigenvalue weighted by Gasteiger charge is -2.17. The van der Waals surface area contributed by atoms with E-state index in [2.05, 4.69) is 23.3 Å². The molecule has 0 aliphatic rings. The van der Waals surface area contributed by atoms with Gasteiger partial charge in [0.05, 0.1) is 5.52 Å². The highest BCUT2D eigenvalue weighted by atomic mass is 35.5. The summed E-state index contributed by atoms with van der Waals surface area (Å²) in [6, 6.07) is 15.7. The lowest BCUT2D eigenvalue weighted by molar-refractivity contribution is 0.886. The minimum atomic E-state index is 0.145. The highest BCUT2D eigenvalue weighted by molar-refractivity contribution is 6.30. The number of halogens is 1. The summed E-state index contributed by atoms with van der Waals surface area (Å²) in [6.45, 7) is 2.11. The Hall–Kier alpha value is -2.26. The largest absolute Gasteiger partial charge is 0.399 e. The number of hydrogen-bond acceptors (Lipinski definition) is 3. The van der Waals surface area contributed by atoms with E-state index in [9.17, 15) is 0 Å². The monoisotopic (exact) mass is 297 g/mol. The van der Waals surface area contributed by atoms with Crippen LogP contribution >= 0.6 is 11.6 Å².